The monoisotopic (exact) mass is 353 g/mol. The largest absolute Gasteiger partial charge is 0.492 e. The topological polar surface area (TPSA) is 44.8 Å². The van der Waals surface area contributed by atoms with Crippen LogP contribution < -0.4 is 15.0 Å². The van der Waals surface area contributed by atoms with Crippen molar-refractivity contribution in [2.45, 2.75) is 13.8 Å². The number of para-hydroxylation sites is 2. The fraction of sp³-hybridized carbons (Fsp3) is 0.381. The summed E-state index contributed by atoms with van der Waals surface area (Å²) in [6, 6.07) is 16.1. The van der Waals surface area contributed by atoms with Gasteiger partial charge in [-0.3, -0.25) is 9.69 Å². The number of aryl methyl sites for hydroxylation is 1. The van der Waals surface area contributed by atoms with Crippen LogP contribution in [0.4, 0.5) is 11.4 Å². The standard InChI is InChI=1S/C21H27N3O2/c1-3-26-20-10-5-4-9-19(20)22-21(25)16-23-11-13-24(14-12-23)18-8-6-7-17(2)15-18/h4-10,15H,3,11-14,16H2,1-2H3,(H,22,25). The van der Waals surface area contributed by atoms with Gasteiger partial charge in [0.05, 0.1) is 18.8 Å². The molecule has 3 rings (SSSR count). The minimum Gasteiger partial charge on any atom is -0.492 e. The molecule has 5 nitrogen and oxygen atoms in total. The molecule has 0 unspecified atom stereocenters. The molecule has 1 saturated heterocycles. The van der Waals surface area contributed by atoms with Gasteiger partial charge in [-0.15, -0.1) is 0 Å². The summed E-state index contributed by atoms with van der Waals surface area (Å²) in [5, 5.41) is 2.97. The van der Waals surface area contributed by atoms with Crippen LogP contribution in [0.3, 0.4) is 0 Å². The second-order valence-electron chi connectivity index (χ2n) is 6.58. The third-order valence-electron chi connectivity index (χ3n) is 4.57. The normalized spacial score (nSPS) is 14.9. The number of anilines is 2. The molecule has 0 aromatic heterocycles. The molecule has 0 spiro atoms. The van der Waals surface area contributed by atoms with E-state index in [0.29, 0.717) is 18.9 Å². The number of carbonyl (C=O) groups is 1. The Morgan fingerprint density at radius 3 is 2.58 bits per heavy atom. The van der Waals surface area contributed by atoms with Crippen molar-refractivity contribution in [3.05, 3.63) is 54.1 Å². The van der Waals surface area contributed by atoms with Gasteiger partial charge in [-0.1, -0.05) is 24.3 Å². The van der Waals surface area contributed by atoms with Gasteiger partial charge in [-0.25, -0.2) is 0 Å². The zero-order chi connectivity index (χ0) is 18.4. The molecule has 2 aromatic carbocycles. The van der Waals surface area contributed by atoms with Crippen LogP contribution >= 0.6 is 0 Å². The Balaban J connectivity index is 1.51. The van der Waals surface area contributed by atoms with Crippen LogP contribution in [0.25, 0.3) is 0 Å². The molecule has 5 heteroatoms. The second-order valence-corrected chi connectivity index (χ2v) is 6.58. The zero-order valence-corrected chi connectivity index (χ0v) is 15.6. The van der Waals surface area contributed by atoms with Crippen molar-refractivity contribution in [2.75, 3.05) is 49.5 Å². The van der Waals surface area contributed by atoms with Crippen LogP contribution in [0, 0.1) is 6.92 Å². The minimum atomic E-state index is 0.00107. The molecular formula is C21H27N3O2. The molecule has 0 saturated carbocycles. The predicted octanol–water partition coefficient (Wildman–Crippen LogP) is 3.15. The first kappa shape index (κ1) is 18.3. The highest BCUT2D eigenvalue weighted by Crippen LogP contribution is 2.23. The van der Waals surface area contributed by atoms with Crippen LogP contribution in [-0.2, 0) is 4.79 Å². The minimum absolute atomic E-state index is 0.00107. The molecular weight excluding hydrogens is 326 g/mol. The Morgan fingerprint density at radius 2 is 1.85 bits per heavy atom. The van der Waals surface area contributed by atoms with Crippen molar-refractivity contribution in [3.8, 4) is 5.75 Å². The average Bonchev–Trinajstić information content (AvgIpc) is 2.64. The summed E-state index contributed by atoms with van der Waals surface area (Å²) >= 11 is 0. The van der Waals surface area contributed by atoms with E-state index in [-0.39, 0.29) is 5.91 Å². The van der Waals surface area contributed by atoms with Crippen LogP contribution in [-0.4, -0.2) is 50.1 Å². The van der Waals surface area contributed by atoms with E-state index in [1.165, 1.54) is 11.3 Å². The van der Waals surface area contributed by atoms with Crippen LogP contribution in [0.2, 0.25) is 0 Å². The number of amides is 1. The quantitative estimate of drug-likeness (QED) is 0.866. The highest BCUT2D eigenvalue weighted by molar-refractivity contribution is 5.93. The van der Waals surface area contributed by atoms with Gasteiger partial charge in [0.15, 0.2) is 0 Å². The van der Waals surface area contributed by atoms with Gasteiger partial charge in [0.2, 0.25) is 5.91 Å². The van der Waals surface area contributed by atoms with Gasteiger partial charge < -0.3 is 15.0 Å². The molecule has 1 N–H and O–H groups in total. The number of ether oxygens (including phenoxy) is 1. The van der Waals surface area contributed by atoms with E-state index in [1.54, 1.807) is 0 Å². The van der Waals surface area contributed by atoms with Gasteiger partial charge in [0.25, 0.3) is 0 Å². The Hall–Kier alpha value is -2.53. The molecule has 0 radical (unpaired) electrons. The van der Waals surface area contributed by atoms with Crippen molar-refractivity contribution in [2.24, 2.45) is 0 Å². The van der Waals surface area contributed by atoms with Gasteiger partial charge in [-0.05, 0) is 43.7 Å². The zero-order valence-electron chi connectivity index (χ0n) is 15.6. The fourth-order valence-electron chi connectivity index (χ4n) is 3.23. The summed E-state index contributed by atoms with van der Waals surface area (Å²) in [5.74, 6) is 0.716. The third kappa shape index (κ3) is 4.76. The maximum absolute atomic E-state index is 12.4. The lowest BCUT2D eigenvalue weighted by Crippen LogP contribution is -2.48. The lowest BCUT2D eigenvalue weighted by Gasteiger charge is -2.35. The van der Waals surface area contributed by atoms with E-state index in [1.807, 2.05) is 31.2 Å². The van der Waals surface area contributed by atoms with Gasteiger partial charge >= 0.3 is 0 Å². The van der Waals surface area contributed by atoms with E-state index in [2.05, 4.69) is 46.3 Å². The molecule has 138 valence electrons. The number of hydrogen-bond acceptors (Lipinski definition) is 4. The number of carbonyl (C=O) groups excluding carboxylic acids is 1. The molecule has 1 heterocycles. The van der Waals surface area contributed by atoms with Crippen LogP contribution in [0.15, 0.2) is 48.5 Å². The molecule has 0 aliphatic carbocycles. The number of benzene rings is 2. The first-order valence-corrected chi connectivity index (χ1v) is 9.21. The Morgan fingerprint density at radius 1 is 1.08 bits per heavy atom. The van der Waals surface area contributed by atoms with E-state index in [9.17, 15) is 4.79 Å². The Labute approximate surface area is 155 Å². The summed E-state index contributed by atoms with van der Waals surface area (Å²) in [6.07, 6.45) is 0. The molecule has 1 aliphatic rings. The number of rotatable bonds is 6. The molecule has 0 bridgehead atoms. The van der Waals surface area contributed by atoms with Crippen molar-refractivity contribution in [1.82, 2.24) is 4.90 Å². The van der Waals surface area contributed by atoms with Crippen molar-refractivity contribution >= 4 is 17.3 Å². The number of nitrogens with one attached hydrogen (secondary N) is 1. The summed E-state index contributed by atoms with van der Waals surface area (Å²) in [6.45, 7) is 8.67. The lowest BCUT2D eigenvalue weighted by atomic mass is 10.2. The van der Waals surface area contributed by atoms with E-state index < -0.39 is 0 Å². The number of hydrogen-bond donors (Lipinski definition) is 1. The maximum Gasteiger partial charge on any atom is 0.238 e. The van der Waals surface area contributed by atoms with Crippen molar-refractivity contribution in [1.29, 1.82) is 0 Å². The SMILES string of the molecule is CCOc1ccccc1NC(=O)CN1CCN(c2cccc(C)c2)CC1. The molecule has 0 atom stereocenters. The summed E-state index contributed by atoms with van der Waals surface area (Å²) < 4.78 is 5.57. The molecule has 1 fully saturated rings. The van der Waals surface area contributed by atoms with E-state index >= 15 is 0 Å². The maximum atomic E-state index is 12.4. The fourth-order valence-corrected chi connectivity index (χ4v) is 3.23. The Bertz CT molecular complexity index is 740. The molecule has 1 aliphatic heterocycles. The average molecular weight is 353 g/mol. The van der Waals surface area contributed by atoms with E-state index in [4.69, 9.17) is 4.74 Å². The summed E-state index contributed by atoms with van der Waals surface area (Å²) in [5.41, 5.74) is 3.27. The molecule has 2 aromatic rings. The van der Waals surface area contributed by atoms with Gasteiger partial charge in [0.1, 0.15) is 5.75 Å². The highest BCUT2D eigenvalue weighted by atomic mass is 16.5. The van der Waals surface area contributed by atoms with Gasteiger partial charge in [0, 0.05) is 31.9 Å². The highest BCUT2D eigenvalue weighted by Gasteiger charge is 2.19. The van der Waals surface area contributed by atoms with E-state index in [0.717, 1.165) is 31.9 Å². The molecule has 26 heavy (non-hydrogen) atoms. The summed E-state index contributed by atoms with van der Waals surface area (Å²) in [7, 11) is 0. The number of nitrogens with zero attached hydrogens (tertiary/aromatic N) is 2. The smallest absolute Gasteiger partial charge is 0.238 e. The van der Waals surface area contributed by atoms with Crippen LogP contribution in [0.5, 0.6) is 5.75 Å². The second kappa shape index (κ2) is 8.72. The lowest BCUT2D eigenvalue weighted by molar-refractivity contribution is -0.117. The van der Waals surface area contributed by atoms with Gasteiger partial charge in [-0.2, -0.15) is 0 Å². The van der Waals surface area contributed by atoms with Crippen molar-refractivity contribution in [3.63, 3.8) is 0 Å². The van der Waals surface area contributed by atoms with Crippen LogP contribution in [0.1, 0.15) is 12.5 Å². The first-order chi connectivity index (χ1) is 12.7. The Kier molecular flexibility index (Phi) is 6.12. The predicted molar refractivity (Wildman–Crippen MR) is 106 cm³/mol. The third-order valence-corrected chi connectivity index (χ3v) is 4.57. The van der Waals surface area contributed by atoms with Crippen molar-refractivity contribution < 1.29 is 9.53 Å². The first-order valence-electron chi connectivity index (χ1n) is 9.21. The molecule has 1 amide bonds. The summed E-state index contributed by atoms with van der Waals surface area (Å²) in [4.78, 5) is 17.0. The number of piperazine rings is 1.